The minimum atomic E-state index is -0.558. The molecule has 1 aromatic heterocycles. The van der Waals surface area contributed by atoms with Crippen LogP contribution in [0.2, 0.25) is 0 Å². The first kappa shape index (κ1) is 17.2. The number of carbonyl (C=O) groups excluding carboxylic acids is 1. The van der Waals surface area contributed by atoms with Gasteiger partial charge in [0, 0.05) is 24.6 Å². The van der Waals surface area contributed by atoms with E-state index in [4.69, 9.17) is 5.26 Å². The van der Waals surface area contributed by atoms with Gasteiger partial charge in [-0.3, -0.25) is 9.48 Å². The molecular formula is C19H16FN5O. The first-order chi connectivity index (χ1) is 12.7. The first-order valence-electron chi connectivity index (χ1n) is 7.94. The van der Waals surface area contributed by atoms with Crippen LogP contribution in [0.25, 0.3) is 0 Å². The van der Waals surface area contributed by atoms with Crippen molar-refractivity contribution in [2.24, 2.45) is 0 Å². The quantitative estimate of drug-likeness (QED) is 0.716. The van der Waals surface area contributed by atoms with Gasteiger partial charge in [-0.15, -0.1) is 0 Å². The summed E-state index contributed by atoms with van der Waals surface area (Å²) in [6, 6.07) is 15.4. The van der Waals surface area contributed by atoms with Gasteiger partial charge in [0.25, 0.3) is 0 Å². The number of carbonyl (C=O) groups is 1. The molecule has 26 heavy (non-hydrogen) atoms. The first-order valence-corrected chi connectivity index (χ1v) is 7.94. The van der Waals surface area contributed by atoms with Gasteiger partial charge in [-0.2, -0.15) is 10.4 Å². The van der Waals surface area contributed by atoms with Gasteiger partial charge in [-0.25, -0.2) is 4.39 Å². The van der Waals surface area contributed by atoms with E-state index < -0.39 is 5.82 Å². The lowest BCUT2D eigenvalue weighted by Crippen LogP contribution is -2.19. The van der Waals surface area contributed by atoms with Crippen molar-refractivity contribution in [3.8, 4) is 6.07 Å². The molecule has 130 valence electrons. The van der Waals surface area contributed by atoms with Crippen LogP contribution in [0.4, 0.5) is 15.8 Å². The molecule has 2 N–H and O–H groups in total. The maximum atomic E-state index is 13.6. The molecule has 0 aliphatic rings. The van der Waals surface area contributed by atoms with Gasteiger partial charge in [-0.1, -0.05) is 18.2 Å². The summed E-state index contributed by atoms with van der Waals surface area (Å²) < 4.78 is 15.2. The van der Waals surface area contributed by atoms with E-state index in [1.165, 1.54) is 10.7 Å². The molecule has 2 aromatic carbocycles. The third-order valence-corrected chi connectivity index (χ3v) is 3.68. The fourth-order valence-electron chi connectivity index (χ4n) is 2.48. The second-order valence-electron chi connectivity index (χ2n) is 5.58. The fraction of sp³-hybridized carbons (Fsp3) is 0.105. The highest BCUT2D eigenvalue weighted by molar-refractivity contribution is 5.90. The molecule has 0 unspecified atom stereocenters. The van der Waals surface area contributed by atoms with Crippen molar-refractivity contribution in [1.29, 1.82) is 5.26 Å². The van der Waals surface area contributed by atoms with E-state index in [1.54, 1.807) is 36.7 Å². The molecule has 0 spiro atoms. The van der Waals surface area contributed by atoms with E-state index in [9.17, 15) is 9.18 Å². The van der Waals surface area contributed by atoms with Gasteiger partial charge in [-0.05, 0) is 35.9 Å². The van der Waals surface area contributed by atoms with Crippen LogP contribution in [0.15, 0.2) is 60.9 Å². The smallest absolute Gasteiger partial charge is 0.246 e. The molecule has 7 heteroatoms. The molecule has 1 heterocycles. The molecule has 0 saturated heterocycles. The minimum absolute atomic E-state index is 0.0174. The Morgan fingerprint density at radius 1 is 1.23 bits per heavy atom. The lowest BCUT2D eigenvalue weighted by atomic mass is 10.1. The zero-order valence-electron chi connectivity index (χ0n) is 13.8. The van der Waals surface area contributed by atoms with Crippen LogP contribution in [0.3, 0.4) is 0 Å². The maximum Gasteiger partial charge on any atom is 0.246 e. The van der Waals surface area contributed by atoms with Gasteiger partial charge in [0.15, 0.2) is 0 Å². The maximum absolute atomic E-state index is 13.6. The molecule has 0 aliphatic heterocycles. The molecule has 0 saturated carbocycles. The zero-order valence-corrected chi connectivity index (χ0v) is 13.8. The number of aromatic nitrogens is 2. The van der Waals surface area contributed by atoms with Crippen molar-refractivity contribution in [1.82, 2.24) is 9.78 Å². The van der Waals surface area contributed by atoms with Crippen molar-refractivity contribution in [2.75, 3.05) is 10.6 Å². The predicted molar refractivity (Wildman–Crippen MR) is 95.7 cm³/mol. The summed E-state index contributed by atoms with van der Waals surface area (Å²) in [5, 5.41) is 18.9. The molecule has 3 aromatic rings. The predicted octanol–water partition coefficient (Wildman–Crippen LogP) is 3.14. The monoisotopic (exact) mass is 349 g/mol. The number of hydrogen-bond donors (Lipinski definition) is 2. The Balaban J connectivity index is 1.64. The number of amides is 1. The molecule has 3 rings (SSSR count). The summed E-state index contributed by atoms with van der Waals surface area (Å²) in [4.78, 5) is 12.0. The van der Waals surface area contributed by atoms with Crippen molar-refractivity contribution in [2.45, 2.75) is 13.1 Å². The van der Waals surface area contributed by atoms with Crippen LogP contribution in [0, 0.1) is 17.1 Å². The van der Waals surface area contributed by atoms with E-state index in [0.717, 1.165) is 5.56 Å². The molecule has 0 atom stereocenters. The van der Waals surface area contributed by atoms with Gasteiger partial charge < -0.3 is 10.6 Å². The lowest BCUT2D eigenvalue weighted by molar-refractivity contribution is -0.116. The minimum Gasteiger partial charge on any atom is -0.380 e. The van der Waals surface area contributed by atoms with Crippen molar-refractivity contribution < 1.29 is 9.18 Å². The third kappa shape index (κ3) is 4.24. The SMILES string of the molecule is N#Cc1c(F)cccc1NCc1cccc(NC(=O)Cn2cccn2)c1. The van der Waals surface area contributed by atoms with Gasteiger partial charge in [0.2, 0.25) is 5.91 Å². The van der Waals surface area contributed by atoms with Gasteiger partial charge in [0.1, 0.15) is 24.0 Å². The summed E-state index contributed by atoms with van der Waals surface area (Å²) >= 11 is 0. The molecular weight excluding hydrogens is 333 g/mol. The number of nitrogens with zero attached hydrogens (tertiary/aromatic N) is 3. The van der Waals surface area contributed by atoms with E-state index in [-0.39, 0.29) is 18.0 Å². The van der Waals surface area contributed by atoms with E-state index in [1.807, 2.05) is 24.3 Å². The Labute approximate surface area is 149 Å². The summed E-state index contributed by atoms with van der Waals surface area (Å²) in [6.45, 7) is 0.519. The lowest BCUT2D eigenvalue weighted by Gasteiger charge is -2.11. The third-order valence-electron chi connectivity index (χ3n) is 3.68. The molecule has 0 radical (unpaired) electrons. The van der Waals surface area contributed by atoms with E-state index in [0.29, 0.717) is 17.9 Å². The molecule has 1 amide bonds. The van der Waals surface area contributed by atoms with Crippen molar-refractivity contribution in [3.05, 3.63) is 77.9 Å². The van der Waals surface area contributed by atoms with Crippen LogP contribution in [-0.2, 0) is 17.9 Å². The number of hydrogen-bond acceptors (Lipinski definition) is 4. The van der Waals surface area contributed by atoms with Crippen LogP contribution in [-0.4, -0.2) is 15.7 Å². The molecule has 0 bridgehead atoms. The Morgan fingerprint density at radius 3 is 2.85 bits per heavy atom. The Morgan fingerprint density at radius 2 is 2.08 bits per heavy atom. The number of nitrogens with one attached hydrogen (secondary N) is 2. The standard InChI is InChI=1S/C19H16FN5O/c20-17-6-2-7-18(16(17)11-21)22-12-14-4-1-5-15(10-14)24-19(26)13-25-9-3-8-23-25/h1-10,22H,12-13H2,(H,24,26). The average molecular weight is 349 g/mol. The molecule has 0 fully saturated rings. The Kier molecular flexibility index (Phi) is 5.25. The van der Waals surface area contributed by atoms with E-state index >= 15 is 0 Å². The highest BCUT2D eigenvalue weighted by atomic mass is 19.1. The van der Waals surface area contributed by atoms with Crippen molar-refractivity contribution in [3.63, 3.8) is 0 Å². The summed E-state index contributed by atoms with van der Waals surface area (Å²) in [5.41, 5.74) is 1.95. The van der Waals surface area contributed by atoms with Crippen LogP contribution in [0.1, 0.15) is 11.1 Å². The zero-order chi connectivity index (χ0) is 18.4. The Hall–Kier alpha value is -3.66. The highest BCUT2D eigenvalue weighted by Gasteiger charge is 2.08. The van der Waals surface area contributed by atoms with Gasteiger partial charge >= 0.3 is 0 Å². The molecule has 0 aliphatic carbocycles. The fourth-order valence-corrected chi connectivity index (χ4v) is 2.48. The second-order valence-corrected chi connectivity index (χ2v) is 5.58. The van der Waals surface area contributed by atoms with Crippen LogP contribution in [0.5, 0.6) is 0 Å². The van der Waals surface area contributed by atoms with Gasteiger partial charge in [0.05, 0.1) is 5.69 Å². The Bertz CT molecular complexity index is 947. The number of halogens is 1. The van der Waals surface area contributed by atoms with Crippen LogP contribution < -0.4 is 10.6 Å². The number of rotatable bonds is 6. The summed E-state index contributed by atoms with van der Waals surface area (Å²) in [5.74, 6) is -0.743. The molecule has 6 nitrogen and oxygen atoms in total. The van der Waals surface area contributed by atoms with E-state index in [2.05, 4.69) is 15.7 Å². The summed E-state index contributed by atoms with van der Waals surface area (Å²) in [6.07, 6.45) is 3.33. The van der Waals surface area contributed by atoms with Crippen molar-refractivity contribution >= 4 is 17.3 Å². The number of benzene rings is 2. The largest absolute Gasteiger partial charge is 0.380 e. The number of nitriles is 1. The summed E-state index contributed by atoms with van der Waals surface area (Å²) in [7, 11) is 0. The second kappa shape index (κ2) is 7.94. The van der Waals surface area contributed by atoms with Crippen LogP contribution >= 0.6 is 0 Å². The normalized spacial score (nSPS) is 10.2. The average Bonchev–Trinajstić information content (AvgIpc) is 3.13. The highest BCUT2D eigenvalue weighted by Crippen LogP contribution is 2.19. The number of anilines is 2. The topological polar surface area (TPSA) is 82.7 Å².